The normalized spacial score (nSPS) is 10.4. The van der Waals surface area contributed by atoms with Crippen LogP contribution >= 0.6 is 11.6 Å². The van der Waals surface area contributed by atoms with Crippen molar-refractivity contribution in [3.63, 3.8) is 0 Å². The van der Waals surface area contributed by atoms with E-state index in [4.69, 9.17) is 21.1 Å². The van der Waals surface area contributed by atoms with Gasteiger partial charge in [-0.3, -0.25) is 4.79 Å². The number of benzene rings is 2. The van der Waals surface area contributed by atoms with Crippen LogP contribution in [0.1, 0.15) is 22.8 Å². The molecule has 0 bridgehead atoms. The summed E-state index contributed by atoms with van der Waals surface area (Å²) in [6.07, 6.45) is 0. The Morgan fingerprint density at radius 3 is 2.70 bits per heavy atom. The van der Waals surface area contributed by atoms with Crippen molar-refractivity contribution >= 4 is 23.2 Å². The van der Waals surface area contributed by atoms with Gasteiger partial charge >= 0.3 is 0 Å². The van der Waals surface area contributed by atoms with Crippen LogP contribution in [0.15, 0.2) is 36.4 Å². The van der Waals surface area contributed by atoms with Crippen LogP contribution in [0.2, 0.25) is 5.02 Å². The Bertz CT molecular complexity index is 706. The molecule has 0 saturated heterocycles. The number of carbonyl (C=O) groups is 1. The highest BCUT2D eigenvalue weighted by atomic mass is 35.5. The van der Waals surface area contributed by atoms with Gasteiger partial charge in [0.1, 0.15) is 11.6 Å². The topological polar surface area (TPSA) is 47.6 Å². The fourth-order valence-corrected chi connectivity index (χ4v) is 2.24. The first kappa shape index (κ1) is 17.2. The van der Waals surface area contributed by atoms with E-state index in [0.29, 0.717) is 30.2 Å². The van der Waals surface area contributed by atoms with Crippen LogP contribution in [0.3, 0.4) is 0 Å². The van der Waals surface area contributed by atoms with Gasteiger partial charge in [-0.05, 0) is 43.3 Å². The van der Waals surface area contributed by atoms with Gasteiger partial charge in [0.05, 0.1) is 18.2 Å². The number of hydrogen-bond donors (Lipinski definition) is 1. The van der Waals surface area contributed by atoms with Crippen molar-refractivity contribution < 1.29 is 18.7 Å². The predicted octanol–water partition coefficient (Wildman–Crippen LogP) is 4.28. The molecule has 1 N–H and O–H groups in total. The molecule has 0 aliphatic heterocycles. The van der Waals surface area contributed by atoms with E-state index in [0.717, 1.165) is 5.56 Å². The van der Waals surface area contributed by atoms with E-state index in [2.05, 4.69) is 5.32 Å². The largest absolute Gasteiger partial charge is 0.494 e. The number of ether oxygens (including phenoxy) is 2. The van der Waals surface area contributed by atoms with Crippen molar-refractivity contribution in [2.45, 2.75) is 13.5 Å². The Morgan fingerprint density at radius 1 is 1.26 bits per heavy atom. The molecule has 2 rings (SSSR count). The van der Waals surface area contributed by atoms with Crippen molar-refractivity contribution in [3.05, 3.63) is 58.4 Å². The van der Waals surface area contributed by atoms with Gasteiger partial charge in [-0.1, -0.05) is 11.6 Å². The predicted molar refractivity (Wildman–Crippen MR) is 87.7 cm³/mol. The first-order chi connectivity index (χ1) is 11.0. The van der Waals surface area contributed by atoms with E-state index < -0.39 is 5.82 Å². The molecular formula is C17H17ClFNO3. The summed E-state index contributed by atoms with van der Waals surface area (Å²) in [5, 5.41) is 2.63. The van der Waals surface area contributed by atoms with Crippen LogP contribution in [-0.4, -0.2) is 19.6 Å². The first-order valence-corrected chi connectivity index (χ1v) is 7.44. The second-order valence-corrected chi connectivity index (χ2v) is 5.18. The molecule has 0 heterocycles. The maximum atomic E-state index is 13.1. The van der Waals surface area contributed by atoms with Crippen molar-refractivity contribution in [2.75, 3.05) is 19.0 Å². The maximum absolute atomic E-state index is 13.1. The number of methoxy groups -OCH3 is 1. The molecule has 4 nitrogen and oxygen atoms in total. The number of rotatable bonds is 6. The van der Waals surface area contributed by atoms with Gasteiger partial charge in [0.15, 0.2) is 0 Å². The average molecular weight is 338 g/mol. The Kier molecular flexibility index (Phi) is 5.96. The van der Waals surface area contributed by atoms with Crippen LogP contribution in [0, 0.1) is 5.82 Å². The molecule has 0 aliphatic carbocycles. The van der Waals surface area contributed by atoms with Gasteiger partial charge in [-0.15, -0.1) is 0 Å². The van der Waals surface area contributed by atoms with Gasteiger partial charge in [0.25, 0.3) is 5.91 Å². The molecule has 23 heavy (non-hydrogen) atoms. The number of halogens is 2. The van der Waals surface area contributed by atoms with Crippen molar-refractivity contribution in [2.24, 2.45) is 0 Å². The summed E-state index contributed by atoms with van der Waals surface area (Å²) in [4.78, 5) is 12.3. The number of hydrogen-bond acceptors (Lipinski definition) is 3. The third-order valence-corrected chi connectivity index (χ3v) is 3.39. The molecule has 0 saturated carbocycles. The zero-order valence-corrected chi connectivity index (χ0v) is 13.6. The molecule has 1 amide bonds. The highest BCUT2D eigenvalue weighted by Crippen LogP contribution is 2.23. The minimum atomic E-state index is -0.534. The lowest BCUT2D eigenvalue weighted by molar-refractivity contribution is 0.102. The van der Waals surface area contributed by atoms with Crippen molar-refractivity contribution in [1.29, 1.82) is 0 Å². The average Bonchev–Trinajstić information content (AvgIpc) is 2.53. The minimum absolute atomic E-state index is 0.0467. The highest BCUT2D eigenvalue weighted by molar-refractivity contribution is 6.31. The quantitative estimate of drug-likeness (QED) is 0.856. The summed E-state index contributed by atoms with van der Waals surface area (Å²) in [6.45, 7) is 2.74. The summed E-state index contributed by atoms with van der Waals surface area (Å²) in [7, 11) is 1.57. The fourth-order valence-electron chi connectivity index (χ4n) is 2.06. The molecule has 0 fully saturated rings. The van der Waals surface area contributed by atoms with E-state index in [-0.39, 0.29) is 10.9 Å². The molecule has 2 aromatic rings. The molecule has 122 valence electrons. The second-order valence-electron chi connectivity index (χ2n) is 4.77. The van der Waals surface area contributed by atoms with Crippen LogP contribution < -0.4 is 10.1 Å². The number of nitrogens with one attached hydrogen (secondary N) is 1. The molecular weight excluding hydrogens is 321 g/mol. The highest BCUT2D eigenvalue weighted by Gasteiger charge is 2.12. The summed E-state index contributed by atoms with van der Waals surface area (Å²) < 4.78 is 23.8. The Morgan fingerprint density at radius 2 is 2.04 bits per heavy atom. The van der Waals surface area contributed by atoms with Gasteiger partial charge in [0.2, 0.25) is 0 Å². The minimum Gasteiger partial charge on any atom is -0.494 e. The van der Waals surface area contributed by atoms with E-state index in [1.165, 1.54) is 18.2 Å². The molecule has 0 spiro atoms. The van der Waals surface area contributed by atoms with Gasteiger partial charge in [-0.2, -0.15) is 0 Å². The lowest BCUT2D eigenvalue weighted by Gasteiger charge is -2.12. The zero-order chi connectivity index (χ0) is 16.8. The molecule has 0 unspecified atom stereocenters. The van der Waals surface area contributed by atoms with E-state index in [1.807, 2.05) is 6.92 Å². The van der Waals surface area contributed by atoms with Crippen molar-refractivity contribution in [1.82, 2.24) is 0 Å². The summed E-state index contributed by atoms with van der Waals surface area (Å²) >= 11 is 5.71. The lowest BCUT2D eigenvalue weighted by atomic mass is 10.1. The summed E-state index contributed by atoms with van der Waals surface area (Å²) in [5.41, 5.74) is 1.64. The lowest BCUT2D eigenvalue weighted by Crippen LogP contribution is -2.13. The Hall–Kier alpha value is -2.11. The van der Waals surface area contributed by atoms with Crippen LogP contribution in [0.4, 0.5) is 10.1 Å². The second kappa shape index (κ2) is 7.94. The Balaban J connectivity index is 2.21. The first-order valence-electron chi connectivity index (χ1n) is 7.06. The van der Waals surface area contributed by atoms with Crippen LogP contribution in [0.25, 0.3) is 0 Å². The maximum Gasteiger partial charge on any atom is 0.255 e. The number of carbonyl (C=O) groups excluding carboxylic acids is 1. The SMILES string of the molecule is CCOc1ccc(C(=O)Nc2ccc(F)c(Cl)c2)cc1COC. The molecule has 0 atom stereocenters. The third-order valence-electron chi connectivity index (χ3n) is 3.10. The molecule has 0 aliphatic rings. The standard InChI is InChI=1S/C17H17ClFNO3/c1-3-23-16-7-4-11(8-12(16)10-22-2)17(21)20-13-5-6-15(19)14(18)9-13/h4-9H,3,10H2,1-2H3,(H,20,21). The van der Waals surface area contributed by atoms with E-state index in [1.54, 1.807) is 25.3 Å². The summed E-state index contributed by atoms with van der Waals surface area (Å²) in [5.74, 6) is -0.183. The fraction of sp³-hybridized carbons (Fsp3) is 0.235. The number of anilines is 1. The third kappa shape index (κ3) is 4.43. The van der Waals surface area contributed by atoms with Crippen molar-refractivity contribution in [3.8, 4) is 5.75 Å². The van der Waals surface area contributed by atoms with Gasteiger partial charge in [0, 0.05) is 23.9 Å². The Labute approximate surface area is 139 Å². The molecule has 2 aromatic carbocycles. The van der Waals surface area contributed by atoms with Crippen LogP contribution in [-0.2, 0) is 11.3 Å². The van der Waals surface area contributed by atoms with Crippen LogP contribution in [0.5, 0.6) is 5.75 Å². The van der Waals surface area contributed by atoms with Gasteiger partial charge in [-0.25, -0.2) is 4.39 Å². The zero-order valence-electron chi connectivity index (χ0n) is 12.9. The number of amides is 1. The molecule has 0 aromatic heterocycles. The van der Waals surface area contributed by atoms with E-state index in [9.17, 15) is 9.18 Å². The summed E-state index contributed by atoms with van der Waals surface area (Å²) in [6, 6.07) is 9.10. The molecule has 6 heteroatoms. The monoisotopic (exact) mass is 337 g/mol. The van der Waals surface area contributed by atoms with E-state index >= 15 is 0 Å². The molecule has 0 radical (unpaired) electrons. The van der Waals surface area contributed by atoms with Gasteiger partial charge < -0.3 is 14.8 Å². The smallest absolute Gasteiger partial charge is 0.255 e.